The van der Waals surface area contributed by atoms with E-state index in [1.165, 1.54) is 22.4 Å². The van der Waals surface area contributed by atoms with Gasteiger partial charge in [0.05, 0.1) is 0 Å². The maximum atomic E-state index is 3.60. The van der Waals surface area contributed by atoms with E-state index < -0.39 is 0 Å². The molecule has 0 atom stereocenters. The molecule has 0 aromatic heterocycles. The highest BCUT2D eigenvalue weighted by molar-refractivity contribution is 9.10. The Morgan fingerprint density at radius 2 is 1.80 bits per heavy atom. The van der Waals surface area contributed by atoms with Gasteiger partial charge in [-0.2, -0.15) is 0 Å². The number of hydrogen-bond acceptors (Lipinski definition) is 2. The van der Waals surface area contributed by atoms with Crippen LogP contribution in [0, 0.1) is 0 Å². The molecular weight excluding hydrogens is 312 g/mol. The molecule has 0 fully saturated rings. The van der Waals surface area contributed by atoms with Crippen molar-refractivity contribution in [2.75, 3.05) is 11.4 Å². The van der Waals surface area contributed by atoms with Crippen molar-refractivity contribution in [1.82, 2.24) is 5.32 Å². The Kier molecular flexibility index (Phi) is 4.08. The molecule has 2 aromatic carbocycles. The fourth-order valence-electron chi connectivity index (χ4n) is 2.74. The molecule has 3 rings (SSSR count). The molecule has 0 saturated carbocycles. The average molecular weight is 331 g/mol. The van der Waals surface area contributed by atoms with Crippen LogP contribution in [0.5, 0.6) is 0 Å². The standard InChI is InChI=1S/C17H19BrN2/c1-2-19-10-13-7-8-16(18)9-17(13)20-11-14-5-3-4-6-15(14)12-20/h3-9,19H,2,10-12H2,1H3. The SMILES string of the molecule is CCNCc1ccc(Br)cc1N1Cc2ccccc2C1. The zero-order valence-corrected chi connectivity index (χ0v) is 13.3. The Balaban J connectivity index is 1.89. The molecule has 0 saturated heterocycles. The first-order valence-corrected chi connectivity index (χ1v) is 7.88. The topological polar surface area (TPSA) is 15.3 Å². The molecule has 0 unspecified atom stereocenters. The van der Waals surface area contributed by atoms with E-state index in [1.54, 1.807) is 0 Å². The number of nitrogens with zero attached hydrogens (tertiary/aromatic N) is 1. The lowest BCUT2D eigenvalue weighted by molar-refractivity contribution is 0.721. The van der Waals surface area contributed by atoms with Gasteiger partial charge in [-0.05, 0) is 35.4 Å². The Bertz CT molecular complexity index is 585. The summed E-state index contributed by atoms with van der Waals surface area (Å²) in [5.41, 5.74) is 5.59. The van der Waals surface area contributed by atoms with Crippen LogP contribution >= 0.6 is 15.9 Å². The molecule has 1 aliphatic rings. The Hall–Kier alpha value is -1.32. The zero-order chi connectivity index (χ0) is 13.9. The van der Waals surface area contributed by atoms with Gasteiger partial charge in [-0.3, -0.25) is 0 Å². The third-order valence-electron chi connectivity index (χ3n) is 3.79. The van der Waals surface area contributed by atoms with Gasteiger partial charge in [-0.25, -0.2) is 0 Å². The number of nitrogens with one attached hydrogen (secondary N) is 1. The third kappa shape index (κ3) is 2.74. The lowest BCUT2D eigenvalue weighted by Crippen LogP contribution is -2.19. The minimum Gasteiger partial charge on any atom is -0.363 e. The summed E-state index contributed by atoms with van der Waals surface area (Å²) < 4.78 is 1.14. The second-order valence-corrected chi connectivity index (χ2v) is 6.09. The van der Waals surface area contributed by atoms with Crippen molar-refractivity contribution < 1.29 is 0 Å². The van der Waals surface area contributed by atoms with E-state index in [1.807, 2.05) is 0 Å². The van der Waals surface area contributed by atoms with Gasteiger partial charge < -0.3 is 10.2 Å². The van der Waals surface area contributed by atoms with Gasteiger partial charge in [-0.15, -0.1) is 0 Å². The van der Waals surface area contributed by atoms with Crippen LogP contribution in [0.25, 0.3) is 0 Å². The summed E-state index contributed by atoms with van der Waals surface area (Å²) in [7, 11) is 0. The molecule has 0 bridgehead atoms. The molecule has 1 heterocycles. The average Bonchev–Trinajstić information content (AvgIpc) is 2.89. The first-order chi connectivity index (χ1) is 9.78. The van der Waals surface area contributed by atoms with Gasteiger partial charge in [0.1, 0.15) is 0 Å². The molecule has 104 valence electrons. The number of fused-ring (bicyclic) bond motifs is 1. The van der Waals surface area contributed by atoms with E-state index in [-0.39, 0.29) is 0 Å². The van der Waals surface area contributed by atoms with Crippen molar-refractivity contribution >= 4 is 21.6 Å². The summed E-state index contributed by atoms with van der Waals surface area (Å²) in [6, 6.07) is 15.3. The predicted octanol–water partition coefficient (Wildman–Crippen LogP) is 4.08. The lowest BCUT2D eigenvalue weighted by Gasteiger charge is -2.22. The van der Waals surface area contributed by atoms with E-state index >= 15 is 0 Å². The fraction of sp³-hybridized carbons (Fsp3) is 0.294. The van der Waals surface area contributed by atoms with Crippen molar-refractivity contribution in [3.63, 3.8) is 0 Å². The van der Waals surface area contributed by atoms with Crippen LogP contribution in [0.4, 0.5) is 5.69 Å². The molecule has 20 heavy (non-hydrogen) atoms. The second kappa shape index (κ2) is 5.98. The van der Waals surface area contributed by atoms with Crippen LogP contribution < -0.4 is 10.2 Å². The van der Waals surface area contributed by atoms with Crippen molar-refractivity contribution in [2.45, 2.75) is 26.6 Å². The summed E-state index contributed by atoms with van der Waals surface area (Å²) >= 11 is 3.60. The first kappa shape index (κ1) is 13.7. The lowest BCUT2D eigenvalue weighted by atomic mass is 10.1. The van der Waals surface area contributed by atoms with E-state index in [2.05, 4.69) is 75.5 Å². The quantitative estimate of drug-likeness (QED) is 0.908. The van der Waals surface area contributed by atoms with Crippen LogP contribution in [-0.2, 0) is 19.6 Å². The van der Waals surface area contributed by atoms with E-state index in [0.717, 1.165) is 30.7 Å². The highest BCUT2D eigenvalue weighted by Crippen LogP contribution is 2.32. The molecular formula is C17H19BrN2. The van der Waals surface area contributed by atoms with Gasteiger partial charge in [0, 0.05) is 29.8 Å². The number of rotatable bonds is 4. The van der Waals surface area contributed by atoms with Crippen LogP contribution in [0.15, 0.2) is 46.9 Å². The Morgan fingerprint density at radius 1 is 1.10 bits per heavy atom. The predicted molar refractivity (Wildman–Crippen MR) is 87.9 cm³/mol. The minimum absolute atomic E-state index is 0.923. The Morgan fingerprint density at radius 3 is 2.45 bits per heavy atom. The number of anilines is 1. The van der Waals surface area contributed by atoms with E-state index in [0.29, 0.717) is 0 Å². The fourth-order valence-corrected chi connectivity index (χ4v) is 3.09. The molecule has 0 radical (unpaired) electrons. The monoisotopic (exact) mass is 330 g/mol. The molecule has 2 nitrogen and oxygen atoms in total. The van der Waals surface area contributed by atoms with Gasteiger partial charge >= 0.3 is 0 Å². The van der Waals surface area contributed by atoms with Gasteiger partial charge in [0.15, 0.2) is 0 Å². The molecule has 0 aliphatic carbocycles. The molecule has 1 N–H and O–H groups in total. The largest absolute Gasteiger partial charge is 0.363 e. The molecule has 0 spiro atoms. The van der Waals surface area contributed by atoms with Gasteiger partial charge in [-0.1, -0.05) is 53.2 Å². The van der Waals surface area contributed by atoms with Crippen LogP contribution in [-0.4, -0.2) is 6.54 Å². The third-order valence-corrected chi connectivity index (χ3v) is 4.29. The molecule has 2 aromatic rings. The maximum absolute atomic E-state index is 3.60. The van der Waals surface area contributed by atoms with Crippen LogP contribution in [0.1, 0.15) is 23.6 Å². The number of benzene rings is 2. The normalized spacial score (nSPS) is 13.6. The highest BCUT2D eigenvalue weighted by atomic mass is 79.9. The number of halogens is 1. The summed E-state index contributed by atoms with van der Waals surface area (Å²) in [5, 5.41) is 3.43. The summed E-state index contributed by atoms with van der Waals surface area (Å²) in [6.07, 6.45) is 0. The van der Waals surface area contributed by atoms with E-state index in [4.69, 9.17) is 0 Å². The number of hydrogen-bond donors (Lipinski definition) is 1. The van der Waals surface area contributed by atoms with Gasteiger partial charge in [0.25, 0.3) is 0 Å². The van der Waals surface area contributed by atoms with Crippen LogP contribution in [0.2, 0.25) is 0 Å². The first-order valence-electron chi connectivity index (χ1n) is 7.09. The van der Waals surface area contributed by atoms with Crippen molar-refractivity contribution in [2.24, 2.45) is 0 Å². The van der Waals surface area contributed by atoms with Crippen molar-refractivity contribution in [3.05, 3.63) is 63.6 Å². The zero-order valence-electron chi connectivity index (χ0n) is 11.7. The summed E-state index contributed by atoms with van der Waals surface area (Å²) in [6.45, 7) is 6.07. The summed E-state index contributed by atoms with van der Waals surface area (Å²) in [5.74, 6) is 0. The smallest absolute Gasteiger partial charge is 0.0436 e. The minimum atomic E-state index is 0.923. The second-order valence-electron chi connectivity index (χ2n) is 5.18. The van der Waals surface area contributed by atoms with Crippen LogP contribution in [0.3, 0.4) is 0 Å². The van der Waals surface area contributed by atoms with Crippen molar-refractivity contribution in [3.8, 4) is 0 Å². The van der Waals surface area contributed by atoms with E-state index in [9.17, 15) is 0 Å². The van der Waals surface area contributed by atoms with Crippen molar-refractivity contribution in [1.29, 1.82) is 0 Å². The summed E-state index contributed by atoms with van der Waals surface area (Å²) in [4.78, 5) is 2.46. The molecule has 0 amide bonds. The highest BCUT2D eigenvalue weighted by Gasteiger charge is 2.20. The molecule has 3 heteroatoms. The maximum Gasteiger partial charge on any atom is 0.0436 e. The Labute approximate surface area is 128 Å². The molecule has 1 aliphatic heterocycles. The van der Waals surface area contributed by atoms with Gasteiger partial charge in [0.2, 0.25) is 0 Å².